The average Bonchev–Trinajstić information content (AvgIpc) is 3.43. The predicted molar refractivity (Wildman–Crippen MR) is 130 cm³/mol. The number of aryl methyl sites for hydroxylation is 1. The number of halogens is 1. The number of rotatable bonds is 6. The number of fused-ring (bicyclic) bond motifs is 3. The second kappa shape index (κ2) is 9.56. The number of thiophene rings is 1. The number of ether oxygens (including phenoxy) is 1. The van der Waals surface area contributed by atoms with Crippen LogP contribution in [0.1, 0.15) is 36.6 Å². The summed E-state index contributed by atoms with van der Waals surface area (Å²) in [5, 5.41) is 3.85. The van der Waals surface area contributed by atoms with Gasteiger partial charge in [0.2, 0.25) is 5.91 Å². The van der Waals surface area contributed by atoms with E-state index in [2.05, 4.69) is 12.2 Å². The fourth-order valence-corrected chi connectivity index (χ4v) is 6.78. The largest absolute Gasteiger partial charge is 0.376 e. The Morgan fingerprint density at radius 3 is 3.00 bits per heavy atom. The van der Waals surface area contributed by atoms with E-state index in [0.29, 0.717) is 24.2 Å². The maximum atomic E-state index is 13.9. The van der Waals surface area contributed by atoms with Crippen LogP contribution in [-0.2, 0) is 28.9 Å². The van der Waals surface area contributed by atoms with Gasteiger partial charge in [-0.3, -0.25) is 14.2 Å². The van der Waals surface area contributed by atoms with Gasteiger partial charge in [-0.05, 0) is 55.7 Å². The summed E-state index contributed by atoms with van der Waals surface area (Å²) in [5.74, 6) is -0.193. The molecule has 1 N–H and O–H groups in total. The standard InChI is InChI=1S/C24H26FN3O3S2/c1-14-8-9-16-19(11-14)33-22-21(16)23(30)28(12-15-5-4-10-31-15)24(27-22)32-13-20(29)26-18-7-3-2-6-17(18)25/h2-3,6-7,14-15H,4-5,8-13H2,1H3,(H,26,29). The van der Waals surface area contributed by atoms with Crippen molar-refractivity contribution in [3.63, 3.8) is 0 Å². The average molecular weight is 488 g/mol. The second-order valence-corrected chi connectivity index (χ2v) is 10.8. The van der Waals surface area contributed by atoms with Gasteiger partial charge in [0.05, 0.1) is 29.5 Å². The van der Waals surface area contributed by atoms with Crippen LogP contribution in [0.2, 0.25) is 0 Å². The van der Waals surface area contributed by atoms with Crippen LogP contribution in [0, 0.1) is 11.7 Å². The van der Waals surface area contributed by atoms with Crippen molar-refractivity contribution >= 4 is 44.9 Å². The first-order chi connectivity index (χ1) is 16.0. The summed E-state index contributed by atoms with van der Waals surface area (Å²) in [6, 6.07) is 6.06. The van der Waals surface area contributed by atoms with Crippen LogP contribution in [0.15, 0.2) is 34.2 Å². The molecular formula is C24H26FN3O3S2. The number of aromatic nitrogens is 2. The number of carbonyl (C=O) groups is 1. The van der Waals surface area contributed by atoms with Crippen LogP contribution in [0.5, 0.6) is 0 Å². The van der Waals surface area contributed by atoms with Gasteiger partial charge in [0.15, 0.2) is 5.16 Å². The third kappa shape index (κ3) is 4.72. The zero-order valence-electron chi connectivity index (χ0n) is 18.4. The lowest BCUT2D eigenvalue weighted by atomic mass is 9.89. The first-order valence-corrected chi connectivity index (χ1v) is 13.1. The van der Waals surface area contributed by atoms with E-state index >= 15 is 0 Å². The molecule has 0 bridgehead atoms. The summed E-state index contributed by atoms with van der Waals surface area (Å²) in [5.41, 5.74) is 1.25. The molecule has 2 atom stereocenters. The Morgan fingerprint density at radius 2 is 2.21 bits per heavy atom. The van der Waals surface area contributed by atoms with E-state index in [-0.39, 0.29) is 29.0 Å². The van der Waals surface area contributed by atoms with Gasteiger partial charge in [-0.2, -0.15) is 0 Å². The number of hydrogen-bond acceptors (Lipinski definition) is 6. The van der Waals surface area contributed by atoms with Crippen molar-refractivity contribution in [1.82, 2.24) is 9.55 Å². The van der Waals surface area contributed by atoms with Crippen LogP contribution in [0.3, 0.4) is 0 Å². The third-order valence-electron chi connectivity index (χ3n) is 6.27. The first-order valence-electron chi connectivity index (χ1n) is 11.3. The van der Waals surface area contributed by atoms with Gasteiger partial charge >= 0.3 is 0 Å². The second-order valence-electron chi connectivity index (χ2n) is 8.79. The third-order valence-corrected chi connectivity index (χ3v) is 8.40. The number of anilines is 1. The minimum Gasteiger partial charge on any atom is -0.376 e. The quantitative estimate of drug-likeness (QED) is 0.405. The smallest absolute Gasteiger partial charge is 0.263 e. The molecule has 1 saturated heterocycles. The number of amides is 1. The number of nitrogens with one attached hydrogen (secondary N) is 1. The molecule has 1 aliphatic heterocycles. The molecule has 2 unspecified atom stereocenters. The molecular weight excluding hydrogens is 461 g/mol. The van der Waals surface area contributed by atoms with Crippen molar-refractivity contribution in [2.75, 3.05) is 17.7 Å². The molecule has 0 radical (unpaired) electrons. The lowest BCUT2D eigenvalue weighted by Crippen LogP contribution is -2.29. The monoisotopic (exact) mass is 487 g/mol. The number of para-hydroxylation sites is 1. The van der Waals surface area contributed by atoms with E-state index in [4.69, 9.17) is 9.72 Å². The Kier molecular flexibility index (Phi) is 6.53. The van der Waals surface area contributed by atoms with Crippen molar-refractivity contribution in [2.24, 2.45) is 5.92 Å². The van der Waals surface area contributed by atoms with Gasteiger partial charge in [-0.1, -0.05) is 30.8 Å². The van der Waals surface area contributed by atoms with Crippen LogP contribution in [0.25, 0.3) is 10.2 Å². The molecule has 1 aliphatic carbocycles. The van der Waals surface area contributed by atoms with E-state index in [1.54, 1.807) is 28.0 Å². The van der Waals surface area contributed by atoms with Crippen LogP contribution >= 0.6 is 23.1 Å². The molecule has 1 aromatic carbocycles. The normalized spacial score (nSPS) is 20.2. The molecule has 1 amide bonds. The fourth-order valence-electron chi connectivity index (χ4n) is 4.55. The Bertz CT molecular complexity index is 1250. The SMILES string of the molecule is CC1CCc2c(sc3nc(SCC(=O)Nc4ccccc4F)n(CC4CCCO4)c(=O)c23)C1. The van der Waals surface area contributed by atoms with Gasteiger partial charge in [0.1, 0.15) is 10.6 Å². The van der Waals surface area contributed by atoms with Gasteiger partial charge in [0, 0.05) is 11.5 Å². The molecule has 3 heterocycles. The van der Waals surface area contributed by atoms with Gasteiger partial charge in [-0.25, -0.2) is 9.37 Å². The zero-order valence-corrected chi connectivity index (χ0v) is 20.1. The Hall–Kier alpha value is -2.23. The molecule has 33 heavy (non-hydrogen) atoms. The van der Waals surface area contributed by atoms with Crippen molar-refractivity contribution < 1.29 is 13.9 Å². The molecule has 6 nitrogen and oxygen atoms in total. The predicted octanol–water partition coefficient (Wildman–Crippen LogP) is 4.63. The van der Waals surface area contributed by atoms with Crippen molar-refractivity contribution in [3.8, 4) is 0 Å². The Labute approximate surface area is 199 Å². The molecule has 0 saturated carbocycles. The maximum absolute atomic E-state index is 13.9. The van der Waals surface area contributed by atoms with E-state index in [1.165, 1.54) is 28.8 Å². The number of nitrogens with zero attached hydrogens (tertiary/aromatic N) is 2. The number of benzene rings is 1. The van der Waals surface area contributed by atoms with Crippen molar-refractivity contribution in [3.05, 3.63) is 50.9 Å². The topological polar surface area (TPSA) is 73.2 Å². The molecule has 1 fully saturated rings. The molecule has 2 aromatic heterocycles. The lowest BCUT2D eigenvalue weighted by Gasteiger charge is -2.18. The highest BCUT2D eigenvalue weighted by Gasteiger charge is 2.26. The Balaban J connectivity index is 1.45. The highest BCUT2D eigenvalue weighted by molar-refractivity contribution is 7.99. The molecule has 2 aliphatic rings. The summed E-state index contributed by atoms with van der Waals surface area (Å²) < 4.78 is 21.4. The van der Waals surface area contributed by atoms with Crippen LogP contribution in [-0.4, -0.2) is 33.9 Å². The van der Waals surface area contributed by atoms with Crippen molar-refractivity contribution in [1.29, 1.82) is 0 Å². The summed E-state index contributed by atoms with van der Waals surface area (Å²) >= 11 is 2.81. The summed E-state index contributed by atoms with van der Waals surface area (Å²) in [4.78, 5) is 33.0. The molecule has 0 spiro atoms. The van der Waals surface area contributed by atoms with E-state index in [1.807, 2.05) is 0 Å². The molecule has 5 rings (SSSR count). The van der Waals surface area contributed by atoms with Gasteiger partial charge in [0.25, 0.3) is 5.56 Å². The van der Waals surface area contributed by atoms with Gasteiger partial charge < -0.3 is 10.1 Å². The maximum Gasteiger partial charge on any atom is 0.263 e. The van der Waals surface area contributed by atoms with Crippen LogP contribution < -0.4 is 10.9 Å². The minimum atomic E-state index is -0.482. The number of thioether (sulfide) groups is 1. The Morgan fingerprint density at radius 1 is 1.36 bits per heavy atom. The summed E-state index contributed by atoms with van der Waals surface area (Å²) in [7, 11) is 0. The van der Waals surface area contributed by atoms with E-state index in [0.717, 1.165) is 47.9 Å². The summed E-state index contributed by atoms with van der Waals surface area (Å²) in [6.07, 6.45) is 4.83. The van der Waals surface area contributed by atoms with Crippen molar-refractivity contribution in [2.45, 2.75) is 56.8 Å². The first kappa shape index (κ1) is 22.6. The lowest BCUT2D eigenvalue weighted by molar-refractivity contribution is -0.113. The molecule has 3 aromatic rings. The summed E-state index contributed by atoms with van der Waals surface area (Å²) in [6.45, 7) is 3.38. The molecule has 174 valence electrons. The molecule has 9 heteroatoms. The van der Waals surface area contributed by atoms with E-state index in [9.17, 15) is 14.0 Å². The number of carbonyl (C=O) groups excluding carboxylic acids is 1. The minimum absolute atomic E-state index is 0.0250. The highest BCUT2D eigenvalue weighted by atomic mass is 32.2. The number of hydrogen-bond donors (Lipinski definition) is 1. The zero-order chi connectivity index (χ0) is 22.9. The van der Waals surface area contributed by atoms with E-state index < -0.39 is 5.82 Å². The fraction of sp³-hybridized carbons (Fsp3) is 0.458. The van der Waals surface area contributed by atoms with Crippen LogP contribution in [0.4, 0.5) is 10.1 Å². The van der Waals surface area contributed by atoms with Gasteiger partial charge in [-0.15, -0.1) is 11.3 Å². The highest BCUT2D eigenvalue weighted by Crippen LogP contribution is 2.36.